The Bertz CT molecular complexity index is 987. The summed E-state index contributed by atoms with van der Waals surface area (Å²) in [6, 6.07) is 8.78. The minimum atomic E-state index is -0.305. The fourth-order valence-electron chi connectivity index (χ4n) is 3.51. The third-order valence-corrected chi connectivity index (χ3v) is 5.32. The first-order valence-electron chi connectivity index (χ1n) is 9.85. The van der Waals surface area contributed by atoms with Crippen LogP contribution in [0.4, 0.5) is 5.82 Å². The molecule has 8 nitrogen and oxygen atoms in total. The fraction of sp³-hybridized carbons (Fsp3) is 0.476. The molecular weight excluding hydrogens is 372 g/mol. The van der Waals surface area contributed by atoms with Crippen molar-refractivity contribution >= 4 is 11.6 Å². The molecule has 29 heavy (non-hydrogen) atoms. The highest BCUT2D eigenvalue weighted by Crippen LogP contribution is 2.15. The third-order valence-electron chi connectivity index (χ3n) is 5.32. The standard InChI is InChI=1S/C21H28N4O4/c1-16(26)17-6-4-7-18(14-17)29-13-5-8-24-9-11-25(12-10-24)19-15-20(27)23(3)21(28)22(19)2/h4,6-7,14-15H,5,8-13H2,1-3H3. The van der Waals surface area contributed by atoms with Gasteiger partial charge in [-0.25, -0.2) is 4.79 Å². The molecule has 1 fully saturated rings. The largest absolute Gasteiger partial charge is 0.494 e. The lowest BCUT2D eigenvalue weighted by atomic mass is 10.1. The van der Waals surface area contributed by atoms with Crippen LogP contribution in [-0.4, -0.2) is 59.1 Å². The summed E-state index contributed by atoms with van der Waals surface area (Å²) in [5.74, 6) is 1.42. The number of nitrogens with zero attached hydrogens (tertiary/aromatic N) is 4. The van der Waals surface area contributed by atoms with Gasteiger partial charge in [0.05, 0.1) is 6.61 Å². The number of aromatic nitrogens is 2. The van der Waals surface area contributed by atoms with Crippen molar-refractivity contribution < 1.29 is 9.53 Å². The minimum absolute atomic E-state index is 0.0297. The fourth-order valence-corrected chi connectivity index (χ4v) is 3.51. The van der Waals surface area contributed by atoms with E-state index < -0.39 is 0 Å². The monoisotopic (exact) mass is 400 g/mol. The van der Waals surface area contributed by atoms with E-state index in [1.807, 2.05) is 12.1 Å². The van der Waals surface area contributed by atoms with Crippen molar-refractivity contribution in [3.05, 3.63) is 56.7 Å². The second-order valence-electron chi connectivity index (χ2n) is 7.36. The zero-order valence-corrected chi connectivity index (χ0v) is 17.3. The maximum atomic E-state index is 12.1. The summed E-state index contributed by atoms with van der Waals surface area (Å²) in [6.45, 7) is 6.31. The number of carbonyl (C=O) groups excluding carboxylic acids is 1. The highest BCUT2D eigenvalue weighted by molar-refractivity contribution is 5.94. The predicted octanol–water partition coefficient (Wildman–Crippen LogP) is 0.878. The molecule has 0 amide bonds. The van der Waals surface area contributed by atoms with Crippen LogP contribution in [0.2, 0.25) is 0 Å². The summed E-state index contributed by atoms with van der Waals surface area (Å²) >= 11 is 0. The van der Waals surface area contributed by atoms with Gasteiger partial charge in [-0.15, -0.1) is 0 Å². The van der Waals surface area contributed by atoms with E-state index in [2.05, 4.69) is 9.80 Å². The van der Waals surface area contributed by atoms with E-state index in [1.54, 1.807) is 26.1 Å². The first-order valence-corrected chi connectivity index (χ1v) is 9.85. The molecule has 0 radical (unpaired) electrons. The first-order chi connectivity index (χ1) is 13.9. The molecule has 1 aliphatic rings. The number of hydrogen-bond donors (Lipinski definition) is 0. The number of ether oxygens (including phenoxy) is 1. The Morgan fingerprint density at radius 3 is 2.45 bits per heavy atom. The summed E-state index contributed by atoms with van der Waals surface area (Å²) < 4.78 is 8.41. The van der Waals surface area contributed by atoms with Gasteiger partial charge >= 0.3 is 5.69 Å². The van der Waals surface area contributed by atoms with E-state index in [1.165, 1.54) is 17.7 Å². The lowest BCUT2D eigenvalue weighted by Gasteiger charge is -2.36. The van der Waals surface area contributed by atoms with Crippen LogP contribution in [-0.2, 0) is 14.1 Å². The molecule has 0 N–H and O–H groups in total. The number of ketones is 1. The molecule has 1 aliphatic heterocycles. The summed E-state index contributed by atoms with van der Waals surface area (Å²) in [6.07, 6.45) is 0.884. The van der Waals surface area contributed by atoms with Crippen molar-refractivity contribution in [2.45, 2.75) is 13.3 Å². The molecule has 3 rings (SSSR count). The lowest BCUT2D eigenvalue weighted by Crippen LogP contribution is -2.49. The Hall–Kier alpha value is -2.87. The van der Waals surface area contributed by atoms with Gasteiger partial charge in [0.15, 0.2) is 5.78 Å². The number of benzene rings is 1. The Balaban J connectivity index is 1.46. The number of carbonyl (C=O) groups is 1. The summed E-state index contributed by atoms with van der Waals surface area (Å²) in [4.78, 5) is 39.9. The van der Waals surface area contributed by atoms with E-state index in [0.717, 1.165) is 43.7 Å². The molecular formula is C21H28N4O4. The van der Waals surface area contributed by atoms with E-state index in [4.69, 9.17) is 4.74 Å². The van der Waals surface area contributed by atoms with E-state index in [9.17, 15) is 14.4 Å². The van der Waals surface area contributed by atoms with Gasteiger partial charge in [0.2, 0.25) is 0 Å². The molecule has 2 aromatic rings. The molecule has 0 unspecified atom stereocenters. The van der Waals surface area contributed by atoms with Gasteiger partial charge in [0.25, 0.3) is 5.56 Å². The highest BCUT2D eigenvalue weighted by atomic mass is 16.5. The zero-order valence-electron chi connectivity index (χ0n) is 17.3. The Labute approximate surface area is 169 Å². The average Bonchev–Trinajstić information content (AvgIpc) is 2.73. The second-order valence-corrected chi connectivity index (χ2v) is 7.36. The highest BCUT2D eigenvalue weighted by Gasteiger charge is 2.20. The summed E-state index contributed by atoms with van der Waals surface area (Å²) in [7, 11) is 3.19. The third kappa shape index (κ3) is 4.95. The molecule has 0 aliphatic carbocycles. The number of hydrogen-bond acceptors (Lipinski definition) is 6. The van der Waals surface area contributed by atoms with Crippen molar-refractivity contribution in [1.29, 1.82) is 0 Å². The van der Waals surface area contributed by atoms with Crippen molar-refractivity contribution in [2.24, 2.45) is 14.1 Å². The average molecular weight is 400 g/mol. The lowest BCUT2D eigenvalue weighted by molar-refractivity contribution is 0.101. The van der Waals surface area contributed by atoms with Crippen LogP contribution in [0.25, 0.3) is 0 Å². The second kappa shape index (κ2) is 9.09. The van der Waals surface area contributed by atoms with Crippen molar-refractivity contribution in [2.75, 3.05) is 44.2 Å². The predicted molar refractivity (Wildman–Crippen MR) is 112 cm³/mol. The molecule has 0 bridgehead atoms. The molecule has 156 valence electrons. The van der Waals surface area contributed by atoms with Crippen LogP contribution in [0.1, 0.15) is 23.7 Å². The van der Waals surface area contributed by atoms with Crippen LogP contribution < -0.4 is 20.9 Å². The van der Waals surface area contributed by atoms with Gasteiger partial charge < -0.3 is 9.64 Å². The van der Waals surface area contributed by atoms with Gasteiger partial charge in [-0.3, -0.25) is 23.6 Å². The summed E-state index contributed by atoms with van der Waals surface area (Å²) in [5.41, 5.74) is 0.0706. The normalized spacial score (nSPS) is 14.8. The van der Waals surface area contributed by atoms with Gasteiger partial charge in [0.1, 0.15) is 11.6 Å². The number of rotatable bonds is 7. The number of anilines is 1. The summed E-state index contributed by atoms with van der Waals surface area (Å²) in [5, 5.41) is 0. The van der Waals surface area contributed by atoms with Crippen LogP contribution in [0.3, 0.4) is 0 Å². The van der Waals surface area contributed by atoms with Gasteiger partial charge in [-0.1, -0.05) is 12.1 Å². The zero-order chi connectivity index (χ0) is 21.0. The van der Waals surface area contributed by atoms with Crippen LogP contribution in [0.5, 0.6) is 5.75 Å². The Morgan fingerprint density at radius 2 is 1.76 bits per heavy atom. The first kappa shape index (κ1) is 20.9. The molecule has 2 heterocycles. The minimum Gasteiger partial charge on any atom is -0.494 e. The molecule has 0 spiro atoms. The number of Topliss-reactive ketones (excluding diaryl/α,β-unsaturated/α-hetero) is 1. The quantitative estimate of drug-likeness (QED) is 0.507. The molecule has 1 aromatic heterocycles. The Kier molecular flexibility index (Phi) is 6.53. The maximum absolute atomic E-state index is 12.1. The van der Waals surface area contributed by atoms with Gasteiger partial charge in [-0.2, -0.15) is 0 Å². The number of piperazine rings is 1. The van der Waals surface area contributed by atoms with E-state index >= 15 is 0 Å². The van der Waals surface area contributed by atoms with Crippen molar-refractivity contribution in [1.82, 2.24) is 14.0 Å². The van der Waals surface area contributed by atoms with Crippen molar-refractivity contribution in [3.8, 4) is 5.75 Å². The maximum Gasteiger partial charge on any atom is 0.332 e. The topological polar surface area (TPSA) is 76.8 Å². The van der Waals surface area contributed by atoms with Gasteiger partial charge in [-0.05, 0) is 25.5 Å². The molecule has 1 saturated heterocycles. The SMILES string of the molecule is CC(=O)c1cccc(OCCCN2CCN(c3cc(=O)n(C)c(=O)n3C)CC2)c1. The van der Waals surface area contributed by atoms with Crippen LogP contribution >= 0.6 is 0 Å². The molecule has 0 atom stereocenters. The molecule has 0 saturated carbocycles. The van der Waals surface area contributed by atoms with E-state index in [-0.39, 0.29) is 17.0 Å². The van der Waals surface area contributed by atoms with Crippen molar-refractivity contribution in [3.63, 3.8) is 0 Å². The van der Waals surface area contributed by atoms with Crippen LogP contribution in [0.15, 0.2) is 39.9 Å². The van der Waals surface area contributed by atoms with Gasteiger partial charge in [0, 0.05) is 58.4 Å². The van der Waals surface area contributed by atoms with E-state index in [0.29, 0.717) is 23.7 Å². The Morgan fingerprint density at radius 1 is 1.03 bits per heavy atom. The molecule has 8 heteroatoms. The van der Waals surface area contributed by atoms with Crippen LogP contribution in [0, 0.1) is 0 Å². The smallest absolute Gasteiger partial charge is 0.332 e. The molecule has 1 aromatic carbocycles.